The van der Waals surface area contributed by atoms with Crippen LogP contribution < -0.4 is 5.32 Å². The van der Waals surface area contributed by atoms with Gasteiger partial charge in [0.1, 0.15) is 0 Å². The lowest BCUT2D eigenvalue weighted by atomic mass is 10.4. The molecule has 14 heavy (non-hydrogen) atoms. The molecule has 7 nitrogen and oxygen atoms in total. The standard InChI is InChI=1S/C7H10N4O3/c1-8-7(12)3-5-10-4-2-6(9-10)11(13)14/h2,4H,3,5H2,1H3,(H,8,12). The van der Waals surface area contributed by atoms with E-state index in [1.807, 2.05) is 0 Å². The normalized spacial score (nSPS) is 9.79. The van der Waals surface area contributed by atoms with Crippen molar-refractivity contribution >= 4 is 11.7 Å². The van der Waals surface area contributed by atoms with Gasteiger partial charge in [-0.2, -0.15) is 4.68 Å². The Morgan fingerprint density at radius 2 is 2.50 bits per heavy atom. The Bertz CT molecular complexity index is 346. The second kappa shape index (κ2) is 4.35. The van der Waals surface area contributed by atoms with Crippen molar-refractivity contribution in [2.24, 2.45) is 0 Å². The monoisotopic (exact) mass is 198 g/mol. The molecule has 0 unspecified atom stereocenters. The van der Waals surface area contributed by atoms with Crippen molar-refractivity contribution < 1.29 is 9.72 Å². The van der Waals surface area contributed by atoms with Crippen LogP contribution in [0.2, 0.25) is 0 Å². The molecule has 0 radical (unpaired) electrons. The fourth-order valence-electron chi connectivity index (χ4n) is 0.914. The SMILES string of the molecule is CNC(=O)CCn1ccc([N+](=O)[O-])n1. The van der Waals surface area contributed by atoms with Crippen molar-refractivity contribution in [3.05, 3.63) is 22.4 Å². The van der Waals surface area contributed by atoms with Crippen LogP contribution in [0.25, 0.3) is 0 Å². The Kier molecular flexibility index (Phi) is 3.16. The van der Waals surface area contributed by atoms with E-state index in [0.717, 1.165) is 0 Å². The number of nitro groups is 1. The molecule has 1 N–H and O–H groups in total. The van der Waals surface area contributed by atoms with E-state index in [0.29, 0.717) is 6.54 Å². The number of hydrogen-bond acceptors (Lipinski definition) is 4. The lowest BCUT2D eigenvalue weighted by Gasteiger charge is -1.96. The van der Waals surface area contributed by atoms with Crippen LogP contribution >= 0.6 is 0 Å². The van der Waals surface area contributed by atoms with E-state index in [1.165, 1.54) is 24.0 Å². The van der Waals surface area contributed by atoms with Gasteiger partial charge in [-0.3, -0.25) is 4.79 Å². The topological polar surface area (TPSA) is 90.1 Å². The predicted molar refractivity (Wildman–Crippen MR) is 47.6 cm³/mol. The molecule has 0 aliphatic carbocycles. The molecule has 0 spiro atoms. The molecule has 0 aliphatic rings. The van der Waals surface area contributed by atoms with Crippen LogP contribution in [0.3, 0.4) is 0 Å². The highest BCUT2D eigenvalue weighted by atomic mass is 16.6. The second-order valence-electron chi connectivity index (χ2n) is 2.62. The molecule has 76 valence electrons. The highest BCUT2D eigenvalue weighted by molar-refractivity contribution is 5.75. The third kappa shape index (κ3) is 2.54. The molecule has 1 amide bonds. The zero-order valence-electron chi connectivity index (χ0n) is 7.64. The van der Waals surface area contributed by atoms with Crippen LogP contribution in [0.1, 0.15) is 6.42 Å². The van der Waals surface area contributed by atoms with Crippen molar-refractivity contribution in [1.29, 1.82) is 0 Å². The van der Waals surface area contributed by atoms with E-state index in [1.54, 1.807) is 0 Å². The summed E-state index contributed by atoms with van der Waals surface area (Å²) in [7, 11) is 1.54. The van der Waals surface area contributed by atoms with Crippen LogP contribution in [0, 0.1) is 10.1 Å². The van der Waals surface area contributed by atoms with Crippen molar-refractivity contribution in [2.75, 3.05) is 7.05 Å². The minimum atomic E-state index is -0.573. The quantitative estimate of drug-likeness (QED) is 0.541. The maximum Gasteiger partial charge on any atom is 0.389 e. The first-order chi connectivity index (χ1) is 6.63. The van der Waals surface area contributed by atoms with E-state index in [4.69, 9.17) is 0 Å². The van der Waals surface area contributed by atoms with Gasteiger partial charge in [0.15, 0.2) is 0 Å². The van der Waals surface area contributed by atoms with Gasteiger partial charge in [0, 0.05) is 13.5 Å². The van der Waals surface area contributed by atoms with Gasteiger partial charge in [0.2, 0.25) is 5.91 Å². The highest BCUT2D eigenvalue weighted by Gasteiger charge is 2.10. The van der Waals surface area contributed by atoms with Gasteiger partial charge in [0.25, 0.3) is 0 Å². The summed E-state index contributed by atoms with van der Waals surface area (Å²) in [6.45, 7) is 0.341. The Labute approximate surface area is 79.9 Å². The molecule has 1 aromatic rings. The molecule has 7 heteroatoms. The van der Waals surface area contributed by atoms with Crippen LogP contribution in [0.4, 0.5) is 5.82 Å². The average Bonchev–Trinajstić information content (AvgIpc) is 2.62. The van der Waals surface area contributed by atoms with Gasteiger partial charge in [-0.1, -0.05) is 0 Å². The molecule has 0 saturated heterocycles. The lowest BCUT2D eigenvalue weighted by molar-refractivity contribution is -0.389. The number of nitrogens with zero attached hydrogens (tertiary/aromatic N) is 3. The van der Waals surface area contributed by atoms with E-state index in [-0.39, 0.29) is 18.1 Å². The first-order valence-electron chi connectivity index (χ1n) is 4.02. The van der Waals surface area contributed by atoms with Gasteiger partial charge in [-0.15, -0.1) is 0 Å². The van der Waals surface area contributed by atoms with Gasteiger partial charge in [-0.25, -0.2) is 0 Å². The summed E-state index contributed by atoms with van der Waals surface area (Å²) in [4.78, 5) is 20.5. The third-order valence-electron chi connectivity index (χ3n) is 1.66. The predicted octanol–water partition coefficient (Wildman–Crippen LogP) is -0.0726. The minimum Gasteiger partial charge on any atom is -0.359 e. The fraction of sp³-hybridized carbons (Fsp3) is 0.429. The number of aryl methyl sites for hydroxylation is 1. The van der Waals surface area contributed by atoms with E-state index in [2.05, 4.69) is 10.4 Å². The van der Waals surface area contributed by atoms with Crippen molar-refractivity contribution in [1.82, 2.24) is 15.1 Å². The second-order valence-corrected chi connectivity index (χ2v) is 2.62. The van der Waals surface area contributed by atoms with Crippen LogP contribution in [-0.4, -0.2) is 27.7 Å². The summed E-state index contributed by atoms with van der Waals surface area (Å²) < 4.78 is 1.37. The summed E-state index contributed by atoms with van der Waals surface area (Å²) in [6.07, 6.45) is 1.73. The molecule has 0 aliphatic heterocycles. The molecule has 0 atom stereocenters. The Hall–Kier alpha value is -1.92. The van der Waals surface area contributed by atoms with Crippen molar-refractivity contribution in [3.8, 4) is 0 Å². The first kappa shape index (κ1) is 10.2. The summed E-state index contributed by atoms with van der Waals surface area (Å²) in [6, 6.07) is 1.30. The summed E-state index contributed by atoms with van der Waals surface area (Å²) in [5, 5.41) is 16.4. The molecular weight excluding hydrogens is 188 g/mol. The minimum absolute atomic E-state index is 0.122. The molecule has 0 saturated carbocycles. The van der Waals surface area contributed by atoms with Gasteiger partial charge in [-0.05, 0) is 4.92 Å². The lowest BCUT2D eigenvalue weighted by Crippen LogP contribution is -2.19. The molecular formula is C7H10N4O3. The van der Waals surface area contributed by atoms with E-state index >= 15 is 0 Å². The zero-order valence-corrected chi connectivity index (χ0v) is 7.64. The van der Waals surface area contributed by atoms with Gasteiger partial charge >= 0.3 is 5.82 Å². The average molecular weight is 198 g/mol. The molecule has 1 rings (SSSR count). The van der Waals surface area contributed by atoms with E-state index in [9.17, 15) is 14.9 Å². The smallest absolute Gasteiger partial charge is 0.359 e. The number of rotatable bonds is 4. The number of nitrogens with one attached hydrogen (secondary N) is 1. The molecule has 1 heterocycles. The Morgan fingerprint density at radius 3 is 3.00 bits per heavy atom. The zero-order chi connectivity index (χ0) is 10.6. The van der Waals surface area contributed by atoms with Crippen LogP contribution in [0.5, 0.6) is 0 Å². The fourth-order valence-corrected chi connectivity index (χ4v) is 0.914. The van der Waals surface area contributed by atoms with Gasteiger partial charge in [0.05, 0.1) is 23.9 Å². The molecule has 0 aromatic carbocycles. The largest absolute Gasteiger partial charge is 0.389 e. The van der Waals surface area contributed by atoms with Crippen LogP contribution in [-0.2, 0) is 11.3 Å². The number of aromatic nitrogens is 2. The number of amides is 1. The number of carbonyl (C=O) groups is 1. The van der Waals surface area contributed by atoms with Crippen molar-refractivity contribution in [2.45, 2.75) is 13.0 Å². The third-order valence-corrected chi connectivity index (χ3v) is 1.66. The first-order valence-corrected chi connectivity index (χ1v) is 4.02. The van der Waals surface area contributed by atoms with Crippen LogP contribution in [0.15, 0.2) is 12.3 Å². The van der Waals surface area contributed by atoms with Crippen molar-refractivity contribution in [3.63, 3.8) is 0 Å². The molecule has 0 fully saturated rings. The summed E-state index contributed by atoms with van der Waals surface area (Å²) >= 11 is 0. The highest BCUT2D eigenvalue weighted by Crippen LogP contribution is 2.05. The maximum absolute atomic E-state index is 10.8. The Morgan fingerprint density at radius 1 is 1.79 bits per heavy atom. The number of carbonyl (C=O) groups excluding carboxylic acids is 1. The summed E-state index contributed by atoms with van der Waals surface area (Å²) in [5.41, 5.74) is 0. The number of hydrogen-bond donors (Lipinski definition) is 1. The Balaban J connectivity index is 2.52. The van der Waals surface area contributed by atoms with Gasteiger partial charge < -0.3 is 15.4 Å². The molecule has 1 aromatic heterocycles. The maximum atomic E-state index is 10.8. The van der Waals surface area contributed by atoms with E-state index < -0.39 is 4.92 Å². The summed E-state index contributed by atoms with van der Waals surface area (Å²) in [5.74, 6) is -0.329. The molecule has 0 bridgehead atoms.